The third-order valence-electron chi connectivity index (χ3n) is 5.12. The van der Waals surface area contributed by atoms with E-state index in [-0.39, 0.29) is 0 Å². The van der Waals surface area contributed by atoms with E-state index in [1.807, 2.05) is 0 Å². The molecule has 4 unspecified atom stereocenters. The van der Waals surface area contributed by atoms with Gasteiger partial charge in [-0.05, 0) is 56.4 Å². The maximum absolute atomic E-state index is 5.84. The molecule has 100 valence electrons. The first kappa shape index (κ1) is 13.4. The number of likely N-dealkylation sites (tertiary alicyclic amines) is 1. The van der Waals surface area contributed by atoms with Gasteiger partial charge in [-0.25, -0.2) is 0 Å². The fourth-order valence-corrected chi connectivity index (χ4v) is 4.23. The molecule has 2 aliphatic rings. The van der Waals surface area contributed by atoms with Crippen molar-refractivity contribution < 1.29 is 0 Å². The van der Waals surface area contributed by atoms with E-state index in [9.17, 15) is 0 Å². The SMILES string of the molecule is CC1CC(C)(C)CCC1N1CC(CN)CC1C. The Labute approximate surface area is 107 Å². The van der Waals surface area contributed by atoms with Gasteiger partial charge in [-0.15, -0.1) is 0 Å². The molecule has 0 bridgehead atoms. The van der Waals surface area contributed by atoms with Gasteiger partial charge in [0.15, 0.2) is 0 Å². The van der Waals surface area contributed by atoms with Crippen molar-refractivity contribution in [3.8, 4) is 0 Å². The van der Waals surface area contributed by atoms with Crippen LogP contribution in [0.25, 0.3) is 0 Å². The molecule has 0 spiro atoms. The molecule has 2 nitrogen and oxygen atoms in total. The smallest absolute Gasteiger partial charge is 0.0124 e. The zero-order valence-corrected chi connectivity index (χ0v) is 12.1. The van der Waals surface area contributed by atoms with E-state index in [4.69, 9.17) is 5.73 Å². The normalized spacial score (nSPS) is 42.9. The third-order valence-corrected chi connectivity index (χ3v) is 5.12. The summed E-state index contributed by atoms with van der Waals surface area (Å²) in [5, 5.41) is 0. The van der Waals surface area contributed by atoms with Crippen molar-refractivity contribution in [1.82, 2.24) is 4.90 Å². The number of rotatable bonds is 2. The van der Waals surface area contributed by atoms with Crippen LogP contribution < -0.4 is 5.73 Å². The van der Waals surface area contributed by atoms with Crippen molar-refractivity contribution in [3.05, 3.63) is 0 Å². The van der Waals surface area contributed by atoms with Crippen molar-refractivity contribution in [1.29, 1.82) is 0 Å². The average molecular weight is 238 g/mol. The molecule has 1 heterocycles. The average Bonchev–Trinajstić information content (AvgIpc) is 2.59. The van der Waals surface area contributed by atoms with E-state index >= 15 is 0 Å². The molecule has 1 saturated heterocycles. The van der Waals surface area contributed by atoms with Gasteiger partial charge in [0, 0.05) is 18.6 Å². The van der Waals surface area contributed by atoms with Crippen LogP contribution in [0, 0.1) is 17.3 Å². The highest BCUT2D eigenvalue weighted by molar-refractivity contribution is 4.94. The summed E-state index contributed by atoms with van der Waals surface area (Å²) in [6.45, 7) is 11.8. The molecule has 0 amide bonds. The molecule has 2 rings (SSSR count). The predicted octanol–water partition coefficient (Wildman–Crippen LogP) is 2.87. The molecule has 2 heteroatoms. The summed E-state index contributed by atoms with van der Waals surface area (Å²) < 4.78 is 0. The quantitative estimate of drug-likeness (QED) is 0.801. The molecule has 1 saturated carbocycles. The summed E-state index contributed by atoms with van der Waals surface area (Å²) in [6.07, 6.45) is 5.46. The second-order valence-corrected chi connectivity index (χ2v) is 7.33. The predicted molar refractivity (Wildman–Crippen MR) is 73.9 cm³/mol. The second kappa shape index (κ2) is 4.89. The number of nitrogens with zero attached hydrogens (tertiary/aromatic N) is 1. The molecule has 0 aromatic rings. The van der Waals surface area contributed by atoms with Crippen LogP contribution in [0.3, 0.4) is 0 Å². The molecule has 4 atom stereocenters. The van der Waals surface area contributed by atoms with Crippen molar-refractivity contribution in [3.63, 3.8) is 0 Å². The molecule has 0 aromatic heterocycles. The van der Waals surface area contributed by atoms with Gasteiger partial charge >= 0.3 is 0 Å². The summed E-state index contributed by atoms with van der Waals surface area (Å²) in [5.74, 6) is 1.59. The van der Waals surface area contributed by atoms with Crippen molar-refractivity contribution >= 4 is 0 Å². The van der Waals surface area contributed by atoms with Crippen LogP contribution in [0.15, 0.2) is 0 Å². The van der Waals surface area contributed by atoms with Gasteiger partial charge in [0.2, 0.25) is 0 Å². The van der Waals surface area contributed by atoms with E-state index < -0.39 is 0 Å². The third kappa shape index (κ3) is 2.85. The minimum atomic E-state index is 0.562. The molecule has 0 aromatic carbocycles. The van der Waals surface area contributed by atoms with Crippen molar-refractivity contribution in [2.75, 3.05) is 13.1 Å². The topological polar surface area (TPSA) is 29.3 Å². The zero-order valence-electron chi connectivity index (χ0n) is 12.1. The summed E-state index contributed by atoms with van der Waals surface area (Å²) >= 11 is 0. The van der Waals surface area contributed by atoms with E-state index in [0.29, 0.717) is 5.41 Å². The van der Waals surface area contributed by atoms with Crippen LogP contribution in [0.5, 0.6) is 0 Å². The summed E-state index contributed by atoms with van der Waals surface area (Å²) in [6, 6.07) is 1.56. The van der Waals surface area contributed by atoms with Gasteiger partial charge < -0.3 is 5.73 Å². The van der Waals surface area contributed by atoms with E-state index in [2.05, 4.69) is 32.6 Å². The Morgan fingerprint density at radius 1 is 1.29 bits per heavy atom. The van der Waals surface area contributed by atoms with Crippen LogP contribution in [-0.4, -0.2) is 30.1 Å². The molecular formula is C15H30N2. The molecular weight excluding hydrogens is 208 g/mol. The van der Waals surface area contributed by atoms with Gasteiger partial charge in [-0.1, -0.05) is 20.8 Å². The highest BCUT2D eigenvalue weighted by Crippen LogP contribution is 2.42. The van der Waals surface area contributed by atoms with Crippen LogP contribution in [0.1, 0.15) is 53.4 Å². The van der Waals surface area contributed by atoms with Crippen molar-refractivity contribution in [2.45, 2.75) is 65.5 Å². The Morgan fingerprint density at radius 3 is 2.53 bits per heavy atom. The molecule has 2 N–H and O–H groups in total. The fourth-order valence-electron chi connectivity index (χ4n) is 4.23. The van der Waals surface area contributed by atoms with Crippen LogP contribution in [0.2, 0.25) is 0 Å². The van der Waals surface area contributed by atoms with Crippen LogP contribution >= 0.6 is 0 Å². The first-order chi connectivity index (χ1) is 7.93. The molecule has 2 fully saturated rings. The van der Waals surface area contributed by atoms with E-state index in [1.54, 1.807) is 0 Å². The van der Waals surface area contributed by atoms with Gasteiger partial charge in [0.1, 0.15) is 0 Å². The Morgan fingerprint density at radius 2 is 2.00 bits per heavy atom. The lowest BCUT2D eigenvalue weighted by atomic mass is 9.70. The van der Waals surface area contributed by atoms with Gasteiger partial charge in [-0.2, -0.15) is 0 Å². The van der Waals surface area contributed by atoms with Gasteiger partial charge in [0.05, 0.1) is 0 Å². The van der Waals surface area contributed by atoms with Crippen molar-refractivity contribution in [2.24, 2.45) is 23.0 Å². The molecule has 1 aliphatic carbocycles. The minimum absolute atomic E-state index is 0.562. The molecule has 1 aliphatic heterocycles. The second-order valence-electron chi connectivity index (χ2n) is 7.33. The Balaban J connectivity index is 1.99. The lowest BCUT2D eigenvalue weighted by Crippen LogP contribution is -2.46. The van der Waals surface area contributed by atoms with E-state index in [0.717, 1.165) is 30.5 Å². The lowest BCUT2D eigenvalue weighted by Gasteiger charge is -2.44. The maximum Gasteiger partial charge on any atom is 0.0124 e. The number of hydrogen-bond donors (Lipinski definition) is 1. The summed E-state index contributed by atoms with van der Waals surface area (Å²) in [4.78, 5) is 2.76. The first-order valence-corrected chi connectivity index (χ1v) is 7.39. The Bertz CT molecular complexity index is 262. The minimum Gasteiger partial charge on any atom is -0.330 e. The van der Waals surface area contributed by atoms with Gasteiger partial charge in [0.25, 0.3) is 0 Å². The first-order valence-electron chi connectivity index (χ1n) is 7.39. The molecule has 17 heavy (non-hydrogen) atoms. The Hall–Kier alpha value is -0.0800. The highest BCUT2D eigenvalue weighted by atomic mass is 15.2. The zero-order chi connectivity index (χ0) is 12.6. The molecule has 0 radical (unpaired) electrons. The lowest BCUT2D eigenvalue weighted by molar-refractivity contribution is 0.0547. The standard InChI is InChI=1S/C15H30N2/c1-11-8-15(3,4)6-5-14(11)17-10-13(9-16)7-12(17)2/h11-14H,5-10,16H2,1-4H3. The summed E-state index contributed by atoms with van der Waals surface area (Å²) in [7, 11) is 0. The van der Waals surface area contributed by atoms with Gasteiger partial charge in [-0.3, -0.25) is 4.90 Å². The monoisotopic (exact) mass is 238 g/mol. The maximum atomic E-state index is 5.84. The highest BCUT2D eigenvalue weighted by Gasteiger charge is 2.40. The fraction of sp³-hybridized carbons (Fsp3) is 1.00. The Kier molecular flexibility index (Phi) is 3.84. The number of nitrogens with two attached hydrogens (primary N) is 1. The number of hydrogen-bond acceptors (Lipinski definition) is 2. The summed E-state index contributed by atoms with van der Waals surface area (Å²) in [5.41, 5.74) is 6.40. The van der Waals surface area contributed by atoms with Crippen LogP contribution in [0.4, 0.5) is 0 Å². The largest absolute Gasteiger partial charge is 0.330 e. The van der Waals surface area contributed by atoms with Crippen LogP contribution in [-0.2, 0) is 0 Å². The van der Waals surface area contributed by atoms with E-state index in [1.165, 1.54) is 32.2 Å².